The van der Waals surface area contributed by atoms with Crippen molar-refractivity contribution in [1.29, 1.82) is 0 Å². The van der Waals surface area contributed by atoms with E-state index in [2.05, 4.69) is 62.5 Å². The zero-order valence-electron chi connectivity index (χ0n) is 44.6. The number of carbonyl (C=O) groups is 11. The fourth-order valence-corrected chi connectivity index (χ4v) is 8.02. The lowest BCUT2D eigenvalue weighted by Gasteiger charge is -2.28. The van der Waals surface area contributed by atoms with Gasteiger partial charge >= 0.3 is 17.9 Å². The molecule has 4 aromatic rings. The third-order valence-electron chi connectivity index (χ3n) is 12.5. The van der Waals surface area contributed by atoms with E-state index in [4.69, 9.17) is 17.2 Å². The highest BCUT2D eigenvalue weighted by Crippen LogP contribution is 2.20. The van der Waals surface area contributed by atoms with Crippen LogP contribution in [0.5, 0.6) is 0 Å². The van der Waals surface area contributed by atoms with Gasteiger partial charge in [-0.15, -0.1) is 0 Å². The van der Waals surface area contributed by atoms with E-state index in [9.17, 15) is 78.3 Å². The van der Waals surface area contributed by atoms with Crippen LogP contribution in [0.1, 0.15) is 62.8 Å². The number of nitrogens with one attached hydrogen (secondary N) is 10. The van der Waals surface area contributed by atoms with Crippen LogP contribution in [0.4, 0.5) is 0 Å². The minimum atomic E-state index is -1.95. The van der Waals surface area contributed by atoms with Crippen LogP contribution in [0, 0.1) is 0 Å². The number of carboxylic acid groups (broad SMARTS) is 3. The highest BCUT2D eigenvalue weighted by Gasteiger charge is 2.36. The molecule has 21 N–H and O–H groups in total. The molecule has 82 heavy (non-hydrogen) atoms. The van der Waals surface area contributed by atoms with Gasteiger partial charge in [0.1, 0.15) is 54.4 Å². The molecule has 2 aromatic carbocycles. The van der Waals surface area contributed by atoms with Crippen LogP contribution >= 0.6 is 0 Å². The van der Waals surface area contributed by atoms with Crippen molar-refractivity contribution in [3.63, 3.8) is 0 Å². The normalized spacial score (nSPS) is 14.7. The molecule has 2 heterocycles. The lowest BCUT2D eigenvalue weighted by molar-refractivity contribution is -0.143. The van der Waals surface area contributed by atoms with Crippen molar-refractivity contribution in [2.45, 2.75) is 126 Å². The molecule has 2 aromatic heterocycles. The molecule has 0 saturated heterocycles. The number of nitrogens with zero attached hydrogens (tertiary/aromatic N) is 2. The van der Waals surface area contributed by atoms with Crippen LogP contribution < -0.4 is 59.7 Å². The molecule has 8 amide bonds. The number of nitrogens with two attached hydrogens (primary N) is 3. The summed E-state index contributed by atoms with van der Waals surface area (Å²) >= 11 is 0. The van der Waals surface area contributed by atoms with E-state index in [-0.39, 0.29) is 50.3 Å². The number of hydrogen-bond donors (Lipinski definition) is 18. The number of H-pyrrole nitrogens is 2. The molecule has 4 rings (SSSR count). The second-order valence-corrected chi connectivity index (χ2v) is 19.0. The largest absolute Gasteiger partial charge is 0.481 e. The summed E-state index contributed by atoms with van der Waals surface area (Å²) < 4.78 is 0. The van der Waals surface area contributed by atoms with E-state index >= 15 is 0 Å². The van der Waals surface area contributed by atoms with Crippen molar-refractivity contribution in [2.75, 3.05) is 13.2 Å². The van der Waals surface area contributed by atoms with Gasteiger partial charge in [-0.25, -0.2) is 9.78 Å². The number of rotatable bonds is 34. The van der Waals surface area contributed by atoms with Gasteiger partial charge in [-0.05, 0) is 50.3 Å². The number of aliphatic carboxylic acids is 3. The molecule has 0 fully saturated rings. The quantitative estimate of drug-likeness (QED) is 0.0118. The van der Waals surface area contributed by atoms with Crippen LogP contribution in [0.25, 0.3) is 10.9 Å². The van der Waals surface area contributed by atoms with Gasteiger partial charge in [-0.3, -0.25) is 52.9 Å². The SMILES string of the molecule is C[C@H](NC(=O)[C@H](CCC(=O)O)NC(=O)[C@@H](N)[C@@H](C)O)C(=O)N[C@@H](CC(=O)O)C(=O)N[C@@H](Cc1cnc[nH]1)C(=O)N[C@@H](Cc1c[nH]c2ccccc12)C(=O)N[C@@H](Cc1ccccc1)C(=O)N[C@@H](CCCN=C(N)N)C(=O)N[C@@H](CO)C(=O)O. The molecule has 0 aliphatic rings. The number of aliphatic hydroxyl groups is 2. The predicted molar refractivity (Wildman–Crippen MR) is 289 cm³/mol. The number of aliphatic imine (C=N–C) groups is 1. The summed E-state index contributed by atoms with van der Waals surface area (Å²) in [7, 11) is 0. The number of fused-ring (bicyclic) bond motifs is 1. The molecule has 0 unspecified atom stereocenters. The van der Waals surface area contributed by atoms with E-state index in [1.165, 1.54) is 19.4 Å². The van der Waals surface area contributed by atoms with Gasteiger partial charge in [-0.1, -0.05) is 48.5 Å². The van der Waals surface area contributed by atoms with Crippen molar-refractivity contribution >= 4 is 82.0 Å². The van der Waals surface area contributed by atoms with Crippen LogP contribution in [0.3, 0.4) is 0 Å². The Morgan fingerprint density at radius 3 is 1.70 bits per heavy atom. The molecule has 31 nitrogen and oxygen atoms in total. The Balaban J connectivity index is 1.67. The first-order valence-corrected chi connectivity index (χ1v) is 25.6. The maximum absolute atomic E-state index is 14.8. The molecule has 0 saturated carbocycles. The summed E-state index contributed by atoms with van der Waals surface area (Å²) in [6, 6.07) is 0.627. The van der Waals surface area contributed by atoms with E-state index in [0.29, 0.717) is 22.0 Å². The van der Waals surface area contributed by atoms with Crippen LogP contribution in [0.15, 0.2) is 78.3 Å². The van der Waals surface area contributed by atoms with E-state index in [1.807, 2.05) is 0 Å². The number of aliphatic hydroxyl groups excluding tert-OH is 2. The molecule has 10 atom stereocenters. The number of hydrogen-bond acceptors (Lipinski definition) is 16. The van der Waals surface area contributed by atoms with E-state index in [1.54, 1.807) is 60.8 Å². The third-order valence-corrected chi connectivity index (χ3v) is 12.5. The molecular weight excluding hydrogens is 1080 g/mol. The highest BCUT2D eigenvalue weighted by molar-refractivity contribution is 5.99. The van der Waals surface area contributed by atoms with Gasteiger partial charge in [0.25, 0.3) is 0 Å². The second-order valence-electron chi connectivity index (χ2n) is 19.0. The lowest BCUT2D eigenvalue weighted by Crippen LogP contribution is -2.61. The highest BCUT2D eigenvalue weighted by atomic mass is 16.4. The summed E-state index contributed by atoms with van der Waals surface area (Å²) in [6.07, 6.45) is -0.351. The monoisotopic (exact) mass is 1150 g/mol. The first-order chi connectivity index (χ1) is 38.9. The summed E-state index contributed by atoms with van der Waals surface area (Å²) in [5.74, 6) is -13.2. The topological polar surface area (TPSA) is 520 Å². The summed E-state index contributed by atoms with van der Waals surface area (Å²) in [5.41, 5.74) is 18.5. The van der Waals surface area contributed by atoms with Crippen LogP contribution in [-0.2, 0) is 72.0 Å². The average Bonchev–Trinajstić information content (AvgIpc) is 4.10. The van der Waals surface area contributed by atoms with Gasteiger partial charge < -0.3 is 95.2 Å². The van der Waals surface area contributed by atoms with Crippen molar-refractivity contribution in [3.05, 3.63) is 90.1 Å². The number of para-hydroxylation sites is 1. The average molecular weight is 1150 g/mol. The van der Waals surface area contributed by atoms with E-state index in [0.717, 1.165) is 6.92 Å². The van der Waals surface area contributed by atoms with Crippen molar-refractivity contribution in [3.8, 4) is 0 Å². The standard InChI is InChI=1S/C51H69N15O16/c1-25(59-43(74)33(14-15-39(69)70)61-49(80)41(52)26(2)68)42(73)62-37(20-40(71)72)48(79)65-36(19-29-22-55-24-58-29)47(78)64-35(18-28-21-57-31-12-7-6-11-30(28)31)46(77)63-34(17-27-9-4-3-5-10-27)45(76)60-32(13-8-16-56-51(53)54)44(75)66-38(23-67)50(81)82/h3-7,9-12,21-22,24-26,32-38,41,57,67-68H,8,13-20,23,52H2,1-2H3,(H,55,58)(H,59,74)(H,60,76)(H,61,80)(H,62,73)(H,63,77)(H,64,78)(H,65,79)(H,66,75)(H,69,70)(H,71,72)(H,81,82)(H4,53,54,56)/t25-,26+,32-,33-,34-,35-,36-,37-,38-,41-/m0/s1. The first kappa shape index (κ1) is 65.0. The summed E-state index contributed by atoms with van der Waals surface area (Å²) in [6.45, 7) is 1.33. The molecule has 0 radical (unpaired) electrons. The zero-order chi connectivity index (χ0) is 60.6. The Hall–Kier alpha value is -9.49. The maximum Gasteiger partial charge on any atom is 0.328 e. The Bertz CT molecular complexity index is 2900. The fourth-order valence-electron chi connectivity index (χ4n) is 8.02. The van der Waals surface area contributed by atoms with E-state index < -0.39 is 152 Å². The van der Waals surface area contributed by atoms with Crippen LogP contribution in [0.2, 0.25) is 0 Å². The number of amides is 8. The molecular formula is C51H69N15O16. The number of carboxylic acids is 3. The summed E-state index contributed by atoms with van der Waals surface area (Å²) in [5, 5.41) is 67.8. The summed E-state index contributed by atoms with van der Waals surface area (Å²) in [4.78, 5) is 160. The van der Waals surface area contributed by atoms with Crippen molar-refractivity contribution < 1.29 is 78.3 Å². The number of aromatic amines is 2. The van der Waals surface area contributed by atoms with Crippen LogP contribution in [-0.4, -0.2) is 185 Å². The Morgan fingerprint density at radius 1 is 0.598 bits per heavy atom. The minimum Gasteiger partial charge on any atom is -0.481 e. The maximum atomic E-state index is 14.8. The molecule has 31 heteroatoms. The Morgan fingerprint density at radius 2 is 1.12 bits per heavy atom. The first-order valence-electron chi connectivity index (χ1n) is 25.6. The number of guanidine groups is 1. The lowest BCUT2D eigenvalue weighted by atomic mass is 10.0. The van der Waals surface area contributed by atoms with Gasteiger partial charge in [0.2, 0.25) is 47.3 Å². The second kappa shape index (κ2) is 31.9. The van der Waals surface area contributed by atoms with Gasteiger partial charge in [-0.2, -0.15) is 0 Å². The number of aromatic nitrogens is 3. The Labute approximate surface area is 467 Å². The Kier molecular flexibility index (Phi) is 25.3. The van der Waals surface area contributed by atoms with Gasteiger partial charge in [0, 0.05) is 61.2 Å². The number of benzene rings is 2. The van der Waals surface area contributed by atoms with Crippen molar-refractivity contribution in [1.82, 2.24) is 57.5 Å². The zero-order valence-corrected chi connectivity index (χ0v) is 44.6. The molecule has 0 aliphatic heterocycles. The third kappa shape index (κ3) is 21.0. The number of imidazole rings is 1. The molecule has 0 bridgehead atoms. The number of carbonyl (C=O) groups excluding carboxylic acids is 8. The minimum absolute atomic E-state index is 0.00870. The van der Waals surface area contributed by atoms with Crippen molar-refractivity contribution in [2.24, 2.45) is 22.2 Å². The fraction of sp³-hybridized carbons (Fsp3) is 0.431. The van der Waals surface area contributed by atoms with Gasteiger partial charge in [0.15, 0.2) is 5.96 Å². The molecule has 0 spiro atoms. The molecule has 0 aliphatic carbocycles. The predicted octanol–water partition coefficient (Wildman–Crippen LogP) is -5.00. The molecule has 444 valence electrons. The van der Waals surface area contributed by atoms with Gasteiger partial charge in [0.05, 0.1) is 25.5 Å². The smallest absolute Gasteiger partial charge is 0.328 e.